The van der Waals surface area contributed by atoms with Crippen molar-refractivity contribution in [1.29, 1.82) is 0 Å². The number of carbonyl (C=O) groups excluding carboxylic acids is 1. The van der Waals surface area contributed by atoms with Gasteiger partial charge in [0.25, 0.3) is 5.91 Å². The number of aryl methyl sites for hydroxylation is 1. The van der Waals surface area contributed by atoms with Crippen LogP contribution in [-0.4, -0.2) is 30.6 Å². The number of hydrogen-bond acceptors (Lipinski definition) is 4. The summed E-state index contributed by atoms with van der Waals surface area (Å²) in [4.78, 5) is 15.9. The number of hydrogen-bond donors (Lipinski definition) is 2. The van der Waals surface area contributed by atoms with E-state index < -0.39 is 6.10 Å². The van der Waals surface area contributed by atoms with E-state index in [1.807, 2.05) is 19.1 Å². The van der Waals surface area contributed by atoms with Gasteiger partial charge in [-0.1, -0.05) is 0 Å². The van der Waals surface area contributed by atoms with E-state index in [4.69, 9.17) is 4.74 Å². The van der Waals surface area contributed by atoms with Gasteiger partial charge in [0, 0.05) is 12.8 Å². The molecule has 0 saturated heterocycles. The van der Waals surface area contributed by atoms with E-state index in [0.29, 0.717) is 18.1 Å². The lowest BCUT2D eigenvalue weighted by Crippen LogP contribution is -2.32. The summed E-state index contributed by atoms with van der Waals surface area (Å²) in [5, 5.41) is 5.84. The van der Waals surface area contributed by atoms with Gasteiger partial charge in [0.05, 0.1) is 12.2 Å². The molecule has 0 aromatic carbocycles. The van der Waals surface area contributed by atoms with Gasteiger partial charge >= 0.3 is 0 Å². The van der Waals surface area contributed by atoms with Gasteiger partial charge in [-0.2, -0.15) is 0 Å². The topological polar surface area (TPSA) is 63.2 Å². The van der Waals surface area contributed by atoms with Crippen LogP contribution in [0.5, 0.6) is 0 Å². The summed E-state index contributed by atoms with van der Waals surface area (Å²) < 4.78 is 5.04. The SMILES string of the molecule is COC1CNc2nc(C)ccc2NC1=O. The standard InChI is InChI=1S/C10H13N3O2/c1-6-3-4-7-9(12-6)11-5-8(15-2)10(14)13-7/h3-4,8H,5H2,1-2H3,(H,11,12)(H,13,14). The lowest BCUT2D eigenvalue weighted by atomic mass is 10.3. The lowest BCUT2D eigenvalue weighted by Gasteiger charge is -2.09. The van der Waals surface area contributed by atoms with Crippen LogP contribution in [0.2, 0.25) is 0 Å². The van der Waals surface area contributed by atoms with E-state index in [-0.39, 0.29) is 5.91 Å². The van der Waals surface area contributed by atoms with Gasteiger partial charge in [-0.25, -0.2) is 4.98 Å². The van der Waals surface area contributed by atoms with Gasteiger partial charge < -0.3 is 15.4 Å². The van der Waals surface area contributed by atoms with Crippen LogP contribution >= 0.6 is 0 Å². The largest absolute Gasteiger partial charge is 0.370 e. The summed E-state index contributed by atoms with van der Waals surface area (Å²) in [6, 6.07) is 3.69. The van der Waals surface area contributed by atoms with Crippen LogP contribution in [0.25, 0.3) is 0 Å². The molecular formula is C10H13N3O2. The molecule has 80 valence electrons. The first-order valence-corrected chi connectivity index (χ1v) is 4.76. The van der Waals surface area contributed by atoms with Crippen molar-refractivity contribution in [2.75, 3.05) is 24.3 Å². The van der Waals surface area contributed by atoms with Gasteiger partial charge in [0.2, 0.25) is 0 Å². The zero-order valence-electron chi connectivity index (χ0n) is 8.70. The molecule has 0 saturated carbocycles. The molecule has 1 aromatic heterocycles. The molecule has 1 aromatic rings. The Hall–Kier alpha value is -1.62. The summed E-state index contributed by atoms with van der Waals surface area (Å²) in [5.74, 6) is 0.553. The first-order valence-electron chi connectivity index (χ1n) is 4.76. The molecule has 5 nitrogen and oxygen atoms in total. The van der Waals surface area contributed by atoms with Crippen molar-refractivity contribution in [3.63, 3.8) is 0 Å². The second-order valence-corrected chi connectivity index (χ2v) is 3.44. The quantitative estimate of drug-likeness (QED) is 0.714. The summed E-state index contributed by atoms with van der Waals surface area (Å²) in [6.07, 6.45) is -0.473. The maximum absolute atomic E-state index is 11.6. The molecule has 2 N–H and O–H groups in total. The molecule has 0 spiro atoms. The minimum atomic E-state index is -0.473. The molecule has 0 bridgehead atoms. The number of nitrogens with zero attached hydrogens (tertiary/aromatic N) is 1. The molecule has 5 heteroatoms. The highest BCUT2D eigenvalue weighted by Crippen LogP contribution is 2.22. The third-order valence-corrected chi connectivity index (χ3v) is 2.32. The highest BCUT2D eigenvalue weighted by Gasteiger charge is 2.23. The Balaban J connectivity index is 2.31. The van der Waals surface area contributed by atoms with Crippen LogP contribution in [-0.2, 0) is 9.53 Å². The zero-order valence-corrected chi connectivity index (χ0v) is 8.70. The van der Waals surface area contributed by atoms with Crippen LogP contribution in [0.4, 0.5) is 11.5 Å². The normalized spacial score (nSPS) is 19.9. The molecule has 2 rings (SSSR count). The minimum Gasteiger partial charge on any atom is -0.370 e. The maximum Gasteiger partial charge on any atom is 0.255 e. The third-order valence-electron chi connectivity index (χ3n) is 2.32. The second kappa shape index (κ2) is 3.86. The molecule has 15 heavy (non-hydrogen) atoms. The maximum atomic E-state index is 11.6. The Bertz CT molecular complexity index is 392. The molecule has 0 radical (unpaired) electrons. The van der Waals surface area contributed by atoms with Crippen LogP contribution in [0.1, 0.15) is 5.69 Å². The number of methoxy groups -OCH3 is 1. The van der Waals surface area contributed by atoms with E-state index in [1.54, 1.807) is 0 Å². The fourth-order valence-corrected chi connectivity index (χ4v) is 1.48. The predicted octanol–water partition coefficient (Wildman–Crippen LogP) is 0.769. The number of anilines is 2. The number of nitrogens with one attached hydrogen (secondary N) is 2. The van der Waals surface area contributed by atoms with Crippen LogP contribution in [0, 0.1) is 6.92 Å². The Morgan fingerprint density at radius 1 is 1.53 bits per heavy atom. The molecule has 1 aliphatic heterocycles. The fraction of sp³-hybridized carbons (Fsp3) is 0.400. The van der Waals surface area contributed by atoms with Crippen molar-refractivity contribution in [3.8, 4) is 0 Å². The van der Waals surface area contributed by atoms with Crippen LogP contribution in [0.3, 0.4) is 0 Å². The van der Waals surface area contributed by atoms with Crippen LogP contribution in [0.15, 0.2) is 12.1 Å². The van der Waals surface area contributed by atoms with Gasteiger partial charge in [-0.15, -0.1) is 0 Å². The number of carbonyl (C=O) groups is 1. The highest BCUT2D eigenvalue weighted by atomic mass is 16.5. The van der Waals surface area contributed by atoms with E-state index in [1.165, 1.54) is 7.11 Å². The van der Waals surface area contributed by atoms with Crippen molar-refractivity contribution in [1.82, 2.24) is 4.98 Å². The van der Waals surface area contributed by atoms with Crippen molar-refractivity contribution in [2.45, 2.75) is 13.0 Å². The van der Waals surface area contributed by atoms with E-state index in [0.717, 1.165) is 5.69 Å². The Morgan fingerprint density at radius 3 is 3.07 bits per heavy atom. The molecule has 1 amide bonds. The minimum absolute atomic E-state index is 0.144. The fourth-order valence-electron chi connectivity index (χ4n) is 1.48. The monoisotopic (exact) mass is 207 g/mol. The summed E-state index contributed by atoms with van der Waals surface area (Å²) in [6.45, 7) is 2.34. The average Bonchev–Trinajstić information content (AvgIpc) is 2.36. The van der Waals surface area contributed by atoms with Crippen molar-refractivity contribution in [2.24, 2.45) is 0 Å². The summed E-state index contributed by atoms with van der Waals surface area (Å²) >= 11 is 0. The number of aromatic nitrogens is 1. The predicted molar refractivity (Wildman–Crippen MR) is 56.9 cm³/mol. The first kappa shape index (κ1) is 9.92. The van der Waals surface area contributed by atoms with Crippen LogP contribution < -0.4 is 10.6 Å². The van der Waals surface area contributed by atoms with Gasteiger partial charge in [0.15, 0.2) is 6.10 Å². The third kappa shape index (κ3) is 1.92. The second-order valence-electron chi connectivity index (χ2n) is 3.44. The number of pyridine rings is 1. The molecule has 0 fully saturated rings. The lowest BCUT2D eigenvalue weighted by molar-refractivity contribution is -0.124. The number of amides is 1. The number of fused-ring (bicyclic) bond motifs is 1. The van der Waals surface area contributed by atoms with Gasteiger partial charge in [-0.3, -0.25) is 4.79 Å². The zero-order chi connectivity index (χ0) is 10.8. The Kier molecular flexibility index (Phi) is 2.55. The van der Waals surface area contributed by atoms with E-state index in [2.05, 4.69) is 15.6 Å². The molecule has 1 unspecified atom stereocenters. The average molecular weight is 207 g/mol. The molecule has 1 aliphatic rings. The Labute approximate surface area is 87.8 Å². The molecule has 0 aliphatic carbocycles. The first-order chi connectivity index (χ1) is 7.20. The van der Waals surface area contributed by atoms with Crippen molar-refractivity contribution in [3.05, 3.63) is 17.8 Å². The molecule has 2 heterocycles. The van der Waals surface area contributed by atoms with Gasteiger partial charge in [-0.05, 0) is 19.1 Å². The van der Waals surface area contributed by atoms with E-state index in [9.17, 15) is 4.79 Å². The number of ether oxygens (including phenoxy) is 1. The molecular weight excluding hydrogens is 194 g/mol. The van der Waals surface area contributed by atoms with Crippen molar-refractivity contribution >= 4 is 17.4 Å². The number of rotatable bonds is 1. The molecule has 1 atom stereocenters. The van der Waals surface area contributed by atoms with Gasteiger partial charge in [0.1, 0.15) is 5.82 Å². The summed E-state index contributed by atoms with van der Waals surface area (Å²) in [5.41, 5.74) is 1.61. The van der Waals surface area contributed by atoms with E-state index >= 15 is 0 Å². The summed E-state index contributed by atoms with van der Waals surface area (Å²) in [7, 11) is 1.51. The van der Waals surface area contributed by atoms with Crippen molar-refractivity contribution < 1.29 is 9.53 Å². The Morgan fingerprint density at radius 2 is 2.33 bits per heavy atom. The smallest absolute Gasteiger partial charge is 0.255 e. The highest BCUT2D eigenvalue weighted by molar-refractivity contribution is 5.98.